The molecule has 2 rings (SSSR count). The predicted molar refractivity (Wildman–Crippen MR) is 123 cm³/mol. The van der Waals surface area contributed by atoms with Crippen molar-refractivity contribution in [2.45, 2.75) is 6.04 Å². The summed E-state index contributed by atoms with van der Waals surface area (Å²) in [5, 5.41) is 25.0. The molecule has 0 spiro atoms. The second kappa shape index (κ2) is 12.4. The quantitative estimate of drug-likeness (QED) is 0.145. The van der Waals surface area contributed by atoms with Crippen molar-refractivity contribution in [1.82, 2.24) is 21.4 Å². The minimum absolute atomic E-state index is 0.0333. The molecule has 0 aliphatic carbocycles. The molecule has 0 saturated heterocycles. The molecule has 180 valence electrons. The lowest BCUT2D eigenvalue weighted by atomic mass is 10.2. The van der Waals surface area contributed by atoms with Gasteiger partial charge in [0.2, 0.25) is 11.9 Å². The summed E-state index contributed by atoms with van der Waals surface area (Å²) in [6.07, 6.45) is 0. The lowest BCUT2D eigenvalue weighted by Gasteiger charge is -2.16. The molecule has 2 aromatic carbocycles. The van der Waals surface area contributed by atoms with Gasteiger partial charge in [0.05, 0.1) is 27.8 Å². The third-order valence-electron chi connectivity index (χ3n) is 4.18. The SMILES string of the molecule is NC(=Nc1cccc(C(=O)NCC(=O)NC[C@H](NC(=O)c2c(Cl)cccc2Cl)C(=O)O)c1)NO. The molecular weight excluding hydrogens is 491 g/mol. The number of rotatable bonds is 9. The van der Waals surface area contributed by atoms with Gasteiger partial charge in [0.25, 0.3) is 11.8 Å². The third kappa shape index (κ3) is 7.62. The van der Waals surface area contributed by atoms with Crippen molar-refractivity contribution in [3.8, 4) is 0 Å². The Bertz CT molecular complexity index is 1110. The summed E-state index contributed by atoms with van der Waals surface area (Å²) >= 11 is 11.9. The van der Waals surface area contributed by atoms with E-state index in [-0.39, 0.29) is 32.8 Å². The van der Waals surface area contributed by atoms with E-state index in [0.717, 1.165) is 0 Å². The van der Waals surface area contributed by atoms with Crippen LogP contribution in [0.2, 0.25) is 10.0 Å². The largest absolute Gasteiger partial charge is 0.480 e. The van der Waals surface area contributed by atoms with Gasteiger partial charge in [-0.15, -0.1) is 0 Å². The first-order chi connectivity index (χ1) is 16.1. The number of carboxylic acids is 1. The summed E-state index contributed by atoms with van der Waals surface area (Å²) in [4.78, 5) is 52.0. The van der Waals surface area contributed by atoms with Crippen molar-refractivity contribution < 1.29 is 29.5 Å². The zero-order valence-electron chi connectivity index (χ0n) is 17.3. The average molecular weight is 511 g/mol. The molecule has 34 heavy (non-hydrogen) atoms. The van der Waals surface area contributed by atoms with Crippen molar-refractivity contribution in [3.63, 3.8) is 0 Å². The maximum absolute atomic E-state index is 12.4. The monoisotopic (exact) mass is 510 g/mol. The molecule has 0 saturated carbocycles. The fraction of sp³-hybridized carbons (Fsp3) is 0.150. The lowest BCUT2D eigenvalue weighted by Crippen LogP contribution is -2.50. The summed E-state index contributed by atoms with van der Waals surface area (Å²) in [6.45, 7) is -0.932. The van der Waals surface area contributed by atoms with Crippen LogP contribution in [0.3, 0.4) is 0 Å². The maximum Gasteiger partial charge on any atom is 0.328 e. The maximum atomic E-state index is 12.4. The van der Waals surface area contributed by atoms with E-state index in [4.69, 9.17) is 34.1 Å². The number of carboxylic acid groups (broad SMARTS) is 1. The van der Waals surface area contributed by atoms with Crippen LogP contribution < -0.4 is 27.2 Å². The minimum atomic E-state index is -1.49. The first kappa shape index (κ1) is 26.4. The molecule has 0 fully saturated rings. The van der Waals surface area contributed by atoms with Gasteiger partial charge >= 0.3 is 5.97 Å². The highest BCUT2D eigenvalue weighted by Gasteiger charge is 2.24. The Morgan fingerprint density at radius 2 is 1.65 bits per heavy atom. The van der Waals surface area contributed by atoms with Gasteiger partial charge in [0.1, 0.15) is 6.04 Å². The van der Waals surface area contributed by atoms with Gasteiger partial charge in [0.15, 0.2) is 0 Å². The number of nitrogens with zero attached hydrogens (tertiary/aromatic N) is 1. The van der Waals surface area contributed by atoms with Gasteiger partial charge in [-0.05, 0) is 30.3 Å². The van der Waals surface area contributed by atoms with Gasteiger partial charge in [0, 0.05) is 12.1 Å². The first-order valence-electron chi connectivity index (χ1n) is 9.49. The molecule has 8 N–H and O–H groups in total. The van der Waals surface area contributed by atoms with Crippen molar-refractivity contribution in [2.24, 2.45) is 10.7 Å². The third-order valence-corrected chi connectivity index (χ3v) is 4.81. The lowest BCUT2D eigenvalue weighted by molar-refractivity contribution is -0.139. The Morgan fingerprint density at radius 3 is 2.26 bits per heavy atom. The topological polar surface area (TPSA) is 195 Å². The molecule has 1 atom stereocenters. The number of carbonyl (C=O) groups is 4. The van der Waals surface area contributed by atoms with Gasteiger partial charge < -0.3 is 26.8 Å². The van der Waals surface area contributed by atoms with Crippen LogP contribution in [-0.2, 0) is 9.59 Å². The minimum Gasteiger partial charge on any atom is -0.480 e. The van der Waals surface area contributed by atoms with E-state index < -0.39 is 42.8 Å². The number of hydrogen-bond donors (Lipinski definition) is 7. The van der Waals surface area contributed by atoms with Gasteiger partial charge in [-0.1, -0.05) is 35.3 Å². The number of nitrogens with two attached hydrogens (primary N) is 1. The number of amides is 3. The van der Waals surface area contributed by atoms with Crippen LogP contribution in [0.5, 0.6) is 0 Å². The van der Waals surface area contributed by atoms with E-state index in [0.29, 0.717) is 0 Å². The fourth-order valence-electron chi connectivity index (χ4n) is 2.57. The number of benzene rings is 2. The molecule has 14 heteroatoms. The number of guanidine groups is 1. The molecule has 2 aromatic rings. The zero-order chi connectivity index (χ0) is 25.3. The molecule has 3 amide bonds. The summed E-state index contributed by atoms with van der Waals surface area (Å²) in [7, 11) is 0. The smallest absolute Gasteiger partial charge is 0.328 e. The van der Waals surface area contributed by atoms with E-state index in [1.807, 2.05) is 0 Å². The summed E-state index contributed by atoms with van der Waals surface area (Å²) in [5.74, 6) is -3.83. The van der Waals surface area contributed by atoms with Crippen LogP contribution in [0.1, 0.15) is 20.7 Å². The van der Waals surface area contributed by atoms with Gasteiger partial charge in [-0.25, -0.2) is 15.3 Å². The fourth-order valence-corrected chi connectivity index (χ4v) is 3.14. The Kier molecular flexibility index (Phi) is 9.62. The number of aliphatic carboxylic acids is 1. The highest BCUT2D eigenvalue weighted by Crippen LogP contribution is 2.24. The van der Waals surface area contributed by atoms with Crippen LogP contribution in [0.4, 0.5) is 5.69 Å². The van der Waals surface area contributed by atoms with E-state index in [2.05, 4.69) is 20.9 Å². The summed E-state index contributed by atoms with van der Waals surface area (Å²) in [6, 6.07) is 8.76. The van der Waals surface area contributed by atoms with E-state index in [9.17, 15) is 24.3 Å². The molecule has 0 unspecified atom stereocenters. The standard InChI is InChI=1S/C20H20Cl2N6O6/c21-12-5-2-6-13(22)16(12)18(31)27-14(19(32)33)8-24-15(29)9-25-17(30)10-3-1-4-11(7-10)26-20(23)28-34/h1-7,14,34H,8-9H2,(H,24,29)(H,25,30)(H,27,31)(H,32,33)(H3,23,26,28)/t14-/m0/s1. The number of halogens is 2. The highest BCUT2D eigenvalue weighted by molar-refractivity contribution is 6.39. The molecule has 12 nitrogen and oxygen atoms in total. The van der Waals surface area contributed by atoms with Gasteiger partial charge in [-0.2, -0.15) is 0 Å². The zero-order valence-corrected chi connectivity index (χ0v) is 18.9. The molecule has 0 bridgehead atoms. The molecule has 0 aromatic heterocycles. The number of hydroxylamine groups is 1. The van der Waals surface area contributed by atoms with Gasteiger partial charge in [-0.3, -0.25) is 19.6 Å². The first-order valence-corrected chi connectivity index (χ1v) is 10.2. The number of hydrogen-bond acceptors (Lipinski definition) is 6. The number of aliphatic imine (C=N–C) groups is 1. The van der Waals surface area contributed by atoms with Crippen molar-refractivity contribution in [1.29, 1.82) is 0 Å². The molecule has 0 aliphatic rings. The van der Waals surface area contributed by atoms with Crippen molar-refractivity contribution in [2.75, 3.05) is 13.1 Å². The normalized spacial score (nSPS) is 11.8. The average Bonchev–Trinajstić information content (AvgIpc) is 2.79. The highest BCUT2D eigenvalue weighted by atomic mass is 35.5. The van der Waals surface area contributed by atoms with Crippen molar-refractivity contribution >= 4 is 58.5 Å². The molecule has 0 heterocycles. The Hall–Kier alpha value is -3.87. The van der Waals surface area contributed by atoms with Crippen LogP contribution in [0, 0.1) is 0 Å². The predicted octanol–water partition coefficient (Wildman–Crippen LogP) is 0.648. The van der Waals surface area contributed by atoms with E-state index >= 15 is 0 Å². The number of carbonyl (C=O) groups excluding carboxylic acids is 3. The van der Waals surface area contributed by atoms with E-state index in [1.165, 1.54) is 42.5 Å². The second-order valence-electron chi connectivity index (χ2n) is 6.61. The van der Waals surface area contributed by atoms with Crippen molar-refractivity contribution in [3.05, 3.63) is 63.6 Å². The van der Waals surface area contributed by atoms with Crippen LogP contribution in [-0.4, -0.2) is 59.1 Å². The molecule has 0 radical (unpaired) electrons. The van der Waals surface area contributed by atoms with Crippen LogP contribution in [0.15, 0.2) is 47.5 Å². The van der Waals surface area contributed by atoms with Crippen LogP contribution in [0.25, 0.3) is 0 Å². The van der Waals surface area contributed by atoms with E-state index in [1.54, 1.807) is 5.48 Å². The number of nitrogens with one attached hydrogen (secondary N) is 4. The Labute approximate surface area is 203 Å². The molecule has 0 aliphatic heterocycles. The summed E-state index contributed by atoms with van der Waals surface area (Å²) in [5.41, 5.74) is 7.33. The summed E-state index contributed by atoms with van der Waals surface area (Å²) < 4.78 is 0. The van der Waals surface area contributed by atoms with Crippen LogP contribution >= 0.6 is 23.2 Å². The molecular formula is C20H20Cl2N6O6. The Balaban J connectivity index is 1.91. The second-order valence-corrected chi connectivity index (χ2v) is 7.42. The Morgan fingerprint density at radius 1 is 1.00 bits per heavy atom.